The molecule has 0 spiro atoms. The zero-order valence-electron chi connectivity index (χ0n) is 13.8. The third-order valence-electron chi connectivity index (χ3n) is 3.77. The van der Waals surface area contributed by atoms with E-state index in [0.717, 1.165) is 10.5 Å². The monoisotopic (exact) mass is 415 g/mol. The molecule has 3 rings (SSSR count). The van der Waals surface area contributed by atoms with E-state index in [-0.39, 0.29) is 5.69 Å². The molecular formula is C18H14ClF4N3S. The summed E-state index contributed by atoms with van der Waals surface area (Å²) in [6.07, 6.45) is -5.29. The molecule has 2 aromatic rings. The van der Waals surface area contributed by atoms with Gasteiger partial charge in [0.05, 0.1) is 5.69 Å². The minimum atomic E-state index is -4.72. The molecule has 1 unspecified atom stereocenters. The summed E-state index contributed by atoms with van der Waals surface area (Å²) in [6.45, 7) is 0. The number of thioether (sulfide) groups is 1. The van der Waals surface area contributed by atoms with Gasteiger partial charge in [0, 0.05) is 16.8 Å². The quantitative estimate of drug-likeness (QED) is 0.546. The smallest absolute Gasteiger partial charge is 0.310 e. The van der Waals surface area contributed by atoms with Crippen molar-refractivity contribution < 1.29 is 17.6 Å². The minimum absolute atomic E-state index is 0.110. The lowest BCUT2D eigenvalue weighted by atomic mass is 10.2. The van der Waals surface area contributed by atoms with Crippen molar-refractivity contribution in [2.75, 3.05) is 4.90 Å². The Hall–Kier alpha value is -2.03. The lowest BCUT2D eigenvalue weighted by Crippen LogP contribution is -2.42. The molecule has 27 heavy (non-hydrogen) atoms. The van der Waals surface area contributed by atoms with Crippen LogP contribution in [0, 0.1) is 5.82 Å². The predicted octanol–water partition coefficient (Wildman–Crippen LogP) is 5.26. The van der Waals surface area contributed by atoms with Crippen LogP contribution in [0.5, 0.6) is 0 Å². The van der Waals surface area contributed by atoms with E-state index in [0.29, 0.717) is 16.8 Å². The molecule has 0 radical (unpaired) electrons. The van der Waals surface area contributed by atoms with E-state index in [9.17, 15) is 17.6 Å². The van der Waals surface area contributed by atoms with Gasteiger partial charge in [-0.15, -0.1) is 11.8 Å². The summed E-state index contributed by atoms with van der Waals surface area (Å²) in [5.74, 6) is -0.0598. The largest absolute Gasteiger partial charge is 0.420 e. The molecule has 0 fully saturated rings. The topological polar surface area (TPSA) is 41.6 Å². The van der Waals surface area contributed by atoms with E-state index in [1.807, 2.05) is 30.3 Å². The van der Waals surface area contributed by atoms with Crippen LogP contribution < -0.4 is 10.6 Å². The molecule has 0 aromatic heterocycles. The molecule has 1 aliphatic heterocycles. The number of aliphatic imine (C=N–C) groups is 1. The van der Waals surface area contributed by atoms with E-state index < -0.39 is 29.0 Å². The van der Waals surface area contributed by atoms with Crippen LogP contribution in [0.1, 0.15) is 5.56 Å². The fraction of sp³-hybridized carbons (Fsp3) is 0.167. The molecule has 9 heteroatoms. The fourth-order valence-electron chi connectivity index (χ4n) is 2.45. The zero-order valence-corrected chi connectivity index (χ0v) is 15.3. The fourth-order valence-corrected chi connectivity index (χ4v) is 3.58. The molecule has 1 aliphatic rings. The Morgan fingerprint density at radius 2 is 1.85 bits per heavy atom. The summed E-state index contributed by atoms with van der Waals surface area (Å²) >= 11 is 6.95. The third-order valence-corrected chi connectivity index (χ3v) is 5.14. The van der Waals surface area contributed by atoms with E-state index in [1.54, 1.807) is 6.07 Å². The summed E-state index contributed by atoms with van der Waals surface area (Å²) in [5, 5.41) is -0.748. The second-order valence-corrected chi connectivity index (χ2v) is 7.08. The zero-order chi connectivity index (χ0) is 19.6. The molecular weight excluding hydrogens is 402 g/mol. The van der Waals surface area contributed by atoms with Gasteiger partial charge in [-0.2, -0.15) is 13.2 Å². The maximum Gasteiger partial charge on any atom is 0.420 e. The summed E-state index contributed by atoms with van der Waals surface area (Å²) in [6, 6.07) is 13.9. The summed E-state index contributed by atoms with van der Waals surface area (Å²) < 4.78 is 53.7. The second kappa shape index (κ2) is 7.92. The average Bonchev–Trinajstić information content (AvgIpc) is 2.60. The number of anilines is 1. The van der Waals surface area contributed by atoms with Crippen LogP contribution in [0.4, 0.5) is 23.2 Å². The molecule has 0 amide bonds. The van der Waals surface area contributed by atoms with Gasteiger partial charge in [0.25, 0.3) is 0 Å². The predicted molar refractivity (Wildman–Crippen MR) is 100 cm³/mol. The third kappa shape index (κ3) is 4.63. The van der Waals surface area contributed by atoms with Crippen molar-refractivity contribution in [1.82, 2.24) is 0 Å². The highest BCUT2D eigenvalue weighted by Crippen LogP contribution is 2.35. The summed E-state index contributed by atoms with van der Waals surface area (Å²) in [5.41, 5.74) is 5.51. The Morgan fingerprint density at radius 1 is 1.15 bits per heavy atom. The first-order valence-corrected chi connectivity index (χ1v) is 9.15. The summed E-state index contributed by atoms with van der Waals surface area (Å²) in [7, 11) is 0. The van der Waals surface area contributed by atoms with Gasteiger partial charge in [0.2, 0.25) is 0 Å². The van der Waals surface area contributed by atoms with Crippen molar-refractivity contribution in [3.8, 4) is 0 Å². The van der Waals surface area contributed by atoms with Crippen molar-refractivity contribution in [3.05, 3.63) is 71.7 Å². The highest BCUT2D eigenvalue weighted by molar-refractivity contribution is 7.98. The van der Waals surface area contributed by atoms with Crippen LogP contribution >= 0.6 is 23.4 Å². The first kappa shape index (κ1) is 19.7. The van der Waals surface area contributed by atoms with E-state index >= 15 is 0 Å². The van der Waals surface area contributed by atoms with Gasteiger partial charge in [-0.3, -0.25) is 5.73 Å². The molecule has 0 saturated heterocycles. The average molecular weight is 416 g/mol. The number of halogens is 5. The van der Waals surface area contributed by atoms with Crippen LogP contribution in [0.3, 0.4) is 0 Å². The summed E-state index contributed by atoms with van der Waals surface area (Å²) in [4.78, 5) is 5.11. The van der Waals surface area contributed by atoms with E-state index in [2.05, 4.69) is 4.99 Å². The van der Waals surface area contributed by atoms with Gasteiger partial charge < -0.3 is 4.90 Å². The Kier molecular flexibility index (Phi) is 5.78. The Balaban J connectivity index is 1.82. The molecule has 142 valence electrons. The van der Waals surface area contributed by atoms with Crippen molar-refractivity contribution >= 4 is 34.2 Å². The van der Waals surface area contributed by atoms with Crippen LogP contribution in [0.15, 0.2) is 70.2 Å². The Bertz CT molecular complexity index is 884. The standard InChI is InChI=1S/C18H14ClF4N3S/c19-16-13(18(21,22)23)9-26(17(24)25-16)15-7-6-12(8-14(15)20)27-10-11-4-2-1-3-5-11/h1-9,17H,10,24H2. The lowest BCUT2D eigenvalue weighted by Gasteiger charge is -2.30. The number of rotatable bonds is 4. The van der Waals surface area contributed by atoms with Gasteiger partial charge in [0.1, 0.15) is 16.6 Å². The van der Waals surface area contributed by atoms with Crippen molar-refractivity contribution in [2.45, 2.75) is 23.1 Å². The van der Waals surface area contributed by atoms with Gasteiger partial charge >= 0.3 is 6.18 Å². The van der Waals surface area contributed by atoms with Gasteiger partial charge in [-0.1, -0.05) is 41.9 Å². The molecule has 1 atom stereocenters. The maximum absolute atomic E-state index is 14.6. The minimum Gasteiger partial charge on any atom is -0.310 e. The van der Waals surface area contributed by atoms with E-state index in [4.69, 9.17) is 17.3 Å². The normalized spacial score (nSPS) is 17.6. The van der Waals surface area contributed by atoms with Gasteiger partial charge in [-0.05, 0) is 23.8 Å². The van der Waals surface area contributed by atoms with Gasteiger partial charge in [-0.25, -0.2) is 9.38 Å². The molecule has 0 saturated carbocycles. The van der Waals surface area contributed by atoms with Crippen LogP contribution in [0.25, 0.3) is 0 Å². The molecule has 3 nitrogen and oxygen atoms in total. The van der Waals surface area contributed by atoms with Crippen molar-refractivity contribution in [3.63, 3.8) is 0 Å². The van der Waals surface area contributed by atoms with Crippen LogP contribution in [-0.2, 0) is 5.75 Å². The van der Waals surface area contributed by atoms with Gasteiger partial charge in [0.15, 0.2) is 6.29 Å². The lowest BCUT2D eigenvalue weighted by molar-refractivity contribution is -0.0862. The number of nitrogens with two attached hydrogens (primary N) is 1. The number of nitrogens with zero attached hydrogens (tertiary/aromatic N) is 2. The van der Waals surface area contributed by atoms with Crippen LogP contribution in [0.2, 0.25) is 0 Å². The molecule has 2 aromatic carbocycles. The number of allylic oxidation sites excluding steroid dienone is 1. The Morgan fingerprint density at radius 3 is 2.48 bits per heavy atom. The van der Waals surface area contributed by atoms with E-state index in [1.165, 1.54) is 23.9 Å². The SMILES string of the molecule is NC1N=C(Cl)C(C(F)(F)F)=CN1c1ccc(SCc2ccccc2)cc1F. The highest BCUT2D eigenvalue weighted by atomic mass is 35.5. The molecule has 1 heterocycles. The molecule has 0 bridgehead atoms. The van der Waals surface area contributed by atoms with Crippen LogP contribution in [-0.4, -0.2) is 17.6 Å². The molecule has 0 aliphatic carbocycles. The number of hydrogen-bond acceptors (Lipinski definition) is 4. The first-order chi connectivity index (χ1) is 12.8. The number of alkyl halides is 3. The maximum atomic E-state index is 14.6. The number of hydrogen-bond donors (Lipinski definition) is 1. The second-order valence-electron chi connectivity index (χ2n) is 5.67. The molecule has 2 N–H and O–H groups in total. The highest BCUT2D eigenvalue weighted by Gasteiger charge is 2.40. The Labute approximate surface area is 162 Å². The first-order valence-electron chi connectivity index (χ1n) is 7.78. The van der Waals surface area contributed by atoms with Crippen molar-refractivity contribution in [1.29, 1.82) is 0 Å². The van der Waals surface area contributed by atoms with Crippen molar-refractivity contribution in [2.24, 2.45) is 10.7 Å². The number of benzene rings is 2.